The molecule has 0 saturated heterocycles. The van der Waals surface area contributed by atoms with Crippen molar-refractivity contribution in [3.05, 3.63) is 39.9 Å². The number of amides is 1. The van der Waals surface area contributed by atoms with Crippen molar-refractivity contribution in [2.45, 2.75) is 18.5 Å². The highest BCUT2D eigenvalue weighted by molar-refractivity contribution is 5.98. The topological polar surface area (TPSA) is 64.4 Å². The lowest BCUT2D eigenvalue weighted by atomic mass is 10.1. The maximum Gasteiger partial charge on any atom is 0.433 e. The van der Waals surface area contributed by atoms with Crippen LogP contribution in [0.3, 0.4) is 0 Å². The van der Waals surface area contributed by atoms with Crippen LogP contribution in [0.25, 0.3) is 11.3 Å². The van der Waals surface area contributed by atoms with Gasteiger partial charge in [0, 0.05) is 24.7 Å². The third-order valence-electron chi connectivity index (χ3n) is 4.33. The van der Waals surface area contributed by atoms with Crippen LogP contribution in [0.15, 0.2) is 23.0 Å². The molecule has 0 fully saturated rings. The second-order valence-corrected chi connectivity index (χ2v) is 6.49. The van der Waals surface area contributed by atoms with Crippen molar-refractivity contribution < 1.29 is 44.7 Å². The molecule has 0 atom stereocenters. The number of hydrogen-bond acceptors (Lipinski definition) is 4. The van der Waals surface area contributed by atoms with E-state index in [0.29, 0.717) is 12.1 Å². The first kappa shape index (κ1) is 22.5. The van der Waals surface area contributed by atoms with Gasteiger partial charge in [0.15, 0.2) is 6.61 Å². The highest BCUT2D eigenvalue weighted by Crippen LogP contribution is 2.39. The zero-order valence-corrected chi connectivity index (χ0v) is 15.3. The molecule has 1 aromatic heterocycles. The van der Waals surface area contributed by atoms with Gasteiger partial charge in [0.1, 0.15) is 23.0 Å². The summed E-state index contributed by atoms with van der Waals surface area (Å²) in [7, 11) is 0.838. The molecule has 3 rings (SSSR count). The quantitative estimate of drug-likeness (QED) is 0.662. The number of aryl methyl sites for hydroxylation is 1. The third kappa shape index (κ3) is 4.18. The number of ether oxygens (including phenoxy) is 1. The number of benzene rings is 1. The largest absolute Gasteiger partial charge is 0.481 e. The Bertz CT molecular complexity index is 1100. The first-order valence-electron chi connectivity index (χ1n) is 8.31. The summed E-state index contributed by atoms with van der Waals surface area (Å²) in [5, 5.41) is 3.40. The van der Waals surface area contributed by atoms with Gasteiger partial charge in [-0.15, -0.1) is 0 Å². The van der Waals surface area contributed by atoms with Gasteiger partial charge < -0.3 is 4.74 Å². The van der Waals surface area contributed by atoms with Gasteiger partial charge in [-0.25, -0.2) is 13.2 Å². The van der Waals surface area contributed by atoms with Crippen molar-refractivity contribution in [1.29, 1.82) is 0 Å². The molecule has 0 aliphatic carbocycles. The predicted molar refractivity (Wildman–Crippen MR) is 88.7 cm³/mol. The molecule has 0 bridgehead atoms. The normalized spacial score (nSPS) is 14.6. The summed E-state index contributed by atoms with van der Waals surface area (Å²) >= 11 is 0. The fourth-order valence-corrected chi connectivity index (χ4v) is 2.85. The number of hydrogen-bond donors (Lipinski definition) is 0. The Balaban J connectivity index is 2.15. The Morgan fingerprint density at radius 2 is 1.77 bits per heavy atom. The molecule has 0 N–H and O–H groups in total. The molecule has 31 heavy (non-hydrogen) atoms. The van der Waals surface area contributed by atoms with Gasteiger partial charge in [0.05, 0.1) is 12.2 Å². The number of aromatic nitrogens is 2. The molecule has 1 aromatic carbocycles. The van der Waals surface area contributed by atoms with E-state index in [4.69, 9.17) is 4.74 Å². The lowest BCUT2D eigenvalue weighted by Crippen LogP contribution is -2.48. The van der Waals surface area contributed by atoms with E-state index < -0.39 is 77.2 Å². The smallest absolute Gasteiger partial charge is 0.433 e. The third-order valence-corrected chi connectivity index (χ3v) is 4.33. The maximum atomic E-state index is 14.5. The number of alkyl halides is 7. The zero-order valence-electron chi connectivity index (χ0n) is 15.3. The Labute approximate surface area is 167 Å². The van der Waals surface area contributed by atoms with Crippen LogP contribution >= 0.6 is 0 Å². The minimum Gasteiger partial charge on any atom is -0.481 e. The molecular formula is C17H11F8N3O3. The summed E-state index contributed by atoms with van der Waals surface area (Å²) in [5.41, 5.74) is -4.92. The van der Waals surface area contributed by atoms with Crippen molar-refractivity contribution in [1.82, 2.24) is 9.78 Å². The molecule has 0 radical (unpaired) electrons. The molecule has 0 unspecified atom stereocenters. The summed E-state index contributed by atoms with van der Waals surface area (Å²) in [6, 6.07) is 1.40. The number of nitrogens with zero attached hydrogens (tertiary/aromatic N) is 3. The van der Waals surface area contributed by atoms with Crippen molar-refractivity contribution >= 4 is 11.6 Å². The molecule has 2 aromatic rings. The fraction of sp³-hybridized carbons (Fsp3) is 0.353. The Morgan fingerprint density at radius 3 is 2.35 bits per heavy atom. The van der Waals surface area contributed by atoms with E-state index in [1.807, 2.05) is 0 Å². The summed E-state index contributed by atoms with van der Waals surface area (Å²) in [6.45, 7) is -2.62. The number of halogens is 8. The van der Waals surface area contributed by atoms with Crippen LogP contribution in [0.5, 0.6) is 5.75 Å². The standard InChI is InChI=1S/C17H11F8N3O3/c1-27-12(17(23,24)25)4-10(29)14(26-27)7-2-9-11(3-8(7)18)31-5-13(30)28(9)6-16(21,22)15(19)20/h2-4,15H,5-6H2,1H3. The number of fused-ring (bicyclic) bond motifs is 1. The number of anilines is 1. The van der Waals surface area contributed by atoms with Gasteiger partial charge in [0.25, 0.3) is 5.91 Å². The predicted octanol–water partition coefficient (Wildman–Crippen LogP) is 3.23. The van der Waals surface area contributed by atoms with Gasteiger partial charge in [-0.2, -0.15) is 27.1 Å². The molecule has 1 aliphatic rings. The molecule has 168 valence electrons. The van der Waals surface area contributed by atoms with Crippen LogP contribution in [0.1, 0.15) is 5.69 Å². The van der Waals surface area contributed by atoms with Crippen LogP contribution in [0.4, 0.5) is 40.8 Å². The van der Waals surface area contributed by atoms with Crippen LogP contribution in [0.2, 0.25) is 0 Å². The van der Waals surface area contributed by atoms with Gasteiger partial charge in [0.2, 0.25) is 5.43 Å². The molecule has 1 amide bonds. The molecule has 14 heteroatoms. The van der Waals surface area contributed by atoms with E-state index in [2.05, 4.69) is 5.10 Å². The minimum atomic E-state index is -4.94. The number of rotatable bonds is 4. The fourth-order valence-electron chi connectivity index (χ4n) is 2.85. The van der Waals surface area contributed by atoms with E-state index in [1.165, 1.54) is 0 Å². The number of carbonyl (C=O) groups excluding carboxylic acids is 1. The summed E-state index contributed by atoms with van der Waals surface area (Å²) in [5.74, 6) is -7.46. The molecule has 0 spiro atoms. The van der Waals surface area contributed by atoms with Crippen molar-refractivity contribution in [3.8, 4) is 17.0 Å². The summed E-state index contributed by atoms with van der Waals surface area (Å²) in [6.07, 6.45) is -9.05. The zero-order chi connectivity index (χ0) is 23.3. The van der Waals surface area contributed by atoms with E-state index >= 15 is 0 Å². The highest BCUT2D eigenvalue weighted by Gasteiger charge is 2.45. The lowest BCUT2D eigenvalue weighted by Gasteiger charge is -2.32. The average molecular weight is 457 g/mol. The van der Waals surface area contributed by atoms with E-state index in [1.54, 1.807) is 0 Å². The second kappa shape index (κ2) is 7.50. The first-order valence-corrected chi connectivity index (χ1v) is 8.31. The molecule has 1 aliphatic heterocycles. The Hall–Kier alpha value is -3.19. The van der Waals surface area contributed by atoms with Crippen molar-refractivity contribution in [2.75, 3.05) is 18.1 Å². The average Bonchev–Trinajstić information content (AvgIpc) is 2.64. The van der Waals surface area contributed by atoms with Crippen LogP contribution in [0, 0.1) is 5.82 Å². The summed E-state index contributed by atoms with van der Waals surface area (Å²) < 4.78 is 111. The maximum absolute atomic E-state index is 14.5. The summed E-state index contributed by atoms with van der Waals surface area (Å²) in [4.78, 5) is 24.4. The molecule has 2 heterocycles. The van der Waals surface area contributed by atoms with Gasteiger partial charge in [-0.3, -0.25) is 19.2 Å². The molecular weight excluding hydrogens is 446 g/mol. The second-order valence-electron chi connectivity index (χ2n) is 6.49. The molecule has 0 saturated carbocycles. The van der Waals surface area contributed by atoms with Crippen LogP contribution in [-0.2, 0) is 18.0 Å². The van der Waals surface area contributed by atoms with Gasteiger partial charge in [-0.1, -0.05) is 0 Å². The molecule has 6 nitrogen and oxygen atoms in total. The lowest BCUT2D eigenvalue weighted by molar-refractivity contribution is -0.144. The first-order chi connectivity index (χ1) is 14.2. The van der Waals surface area contributed by atoms with Gasteiger partial charge >= 0.3 is 18.5 Å². The van der Waals surface area contributed by atoms with Crippen molar-refractivity contribution in [3.63, 3.8) is 0 Å². The highest BCUT2D eigenvalue weighted by atomic mass is 19.4. The number of carbonyl (C=O) groups is 1. The van der Waals surface area contributed by atoms with Crippen LogP contribution < -0.4 is 15.1 Å². The van der Waals surface area contributed by atoms with E-state index in [-0.39, 0.29) is 15.6 Å². The Kier molecular flexibility index (Phi) is 5.44. The van der Waals surface area contributed by atoms with Crippen molar-refractivity contribution in [2.24, 2.45) is 7.05 Å². The van der Waals surface area contributed by atoms with Gasteiger partial charge in [-0.05, 0) is 6.07 Å². The minimum absolute atomic E-state index is 0.158. The van der Waals surface area contributed by atoms with E-state index in [9.17, 15) is 44.7 Å². The van der Waals surface area contributed by atoms with Crippen LogP contribution in [-0.4, -0.2) is 41.2 Å². The van der Waals surface area contributed by atoms with E-state index in [0.717, 1.165) is 7.05 Å². The Morgan fingerprint density at radius 1 is 1.13 bits per heavy atom. The monoisotopic (exact) mass is 457 g/mol. The SMILES string of the molecule is Cn1nc(-c2cc3c(cc2F)OCC(=O)N3CC(F)(F)C(F)F)c(=O)cc1C(F)(F)F.